The van der Waals surface area contributed by atoms with Crippen LogP contribution in [0.25, 0.3) is 0 Å². The fourth-order valence-corrected chi connectivity index (χ4v) is 5.28. The first-order valence-corrected chi connectivity index (χ1v) is 12.6. The maximum atomic E-state index is 11.6. The summed E-state index contributed by atoms with van der Waals surface area (Å²) in [4.78, 5) is 2.29. The highest BCUT2D eigenvalue weighted by atomic mass is 32.2. The van der Waals surface area contributed by atoms with Gasteiger partial charge in [-0.15, -0.1) is 0 Å². The number of fused-ring (bicyclic) bond motifs is 1. The highest BCUT2D eigenvalue weighted by Gasteiger charge is 2.25. The molecule has 0 aromatic heterocycles. The lowest BCUT2D eigenvalue weighted by Crippen LogP contribution is -2.39. The molecule has 0 saturated carbocycles. The molecule has 0 aliphatic carbocycles. The number of sulfonamides is 1. The highest BCUT2D eigenvalue weighted by molar-refractivity contribution is 7.88. The SMILES string of the molecule is CS(=O)(=O)N1CCC(COc2ccc(CN3Cc4ccc(C#N)cc4C3)cc2C#N)CC1. The van der Waals surface area contributed by atoms with Crippen LogP contribution in [-0.2, 0) is 29.7 Å². The molecule has 0 bridgehead atoms. The molecule has 2 aliphatic rings. The molecule has 0 spiro atoms. The van der Waals surface area contributed by atoms with Crippen LogP contribution in [0.5, 0.6) is 5.75 Å². The Morgan fingerprint density at radius 2 is 1.78 bits per heavy atom. The van der Waals surface area contributed by atoms with E-state index in [4.69, 9.17) is 10.00 Å². The van der Waals surface area contributed by atoms with Gasteiger partial charge in [-0.1, -0.05) is 12.1 Å². The van der Waals surface area contributed by atoms with E-state index in [-0.39, 0.29) is 5.92 Å². The molecule has 7 nitrogen and oxygen atoms in total. The van der Waals surface area contributed by atoms with E-state index >= 15 is 0 Å². The molecule has 0 amide bonds. The van der Waals surface area contributed by atoms with E-state index in [0.29, 0.717) is 36.6 Å². The zero-order valence-corrected chi connectivity index (χ0v) is 18.9. The Labute approximate surface area is 189 Å². The van der Waals surface area contributed by atoms with Crippen molar-refractivity contribution in [3.8, 4) is 17.9 Å². The van der Waals surface area contributed by atoms with Gasteiger partial charge in [-0.2, -0.15) is 10.5 Å². The third kappa shape index (κ3) is 5.11. The molecule has 0 N–H and O–H groups in total. The molecule has 8 heteroatoms. The lowest BCUT2D eigenvalue weighted by Gasteiger charge is -2.30. The molecule has 2 aromatic carbocycles. The number of hydrogen-bond donors (Lipinski definition) is 0. The van der Waals surface area contributed by atoms with Crippen molar-refractivity contribution in [3.63, 3.8) is 0 Å². The van der Waals surface area contributed by atoms with Crippen LogP contribution < -0.4 is 4.74 Å². The van der Waals surface area contributed by atoms with Crippen molar-refractivity contribution in [1.29, 1.82) is 10.5 Å². The third-order valence-corrected chi connectivity index (χ3v) is 7.51. The Morgan fingerprint density at radius 3 is 2.47 bits per heavy atom. The zero-order chi connectivity index (χ0) is 22.7. The lowest BCUT2D eigenvalue weighted by atomic mass is 9.99. The largest absolute Gasteiger partial charge is 0.492 e. The average molecular weight is 451 g/mol. The summed E-state index contributed by atoms with van der Waals surface area (Å²) < 4.78 is 30.8. The molecule has 0 atom stereocenters. The van der Waals surface area contributed by atoms with Crippen LogP contribution >= 0.6 is 0 Å². The van der Waals surface area contributed by atoms with Crippen molar-refractivity contribution in [2.75, 3.05) is 26.0 Å². The number of rotatable bonds is 6. The molecule has 2 aromatic rings. The molecular weight excluding hydrogens is 424 g/mol. The van der Waals surface area contributed by atoms with Crippen molar-refractivity contribution < 1.29 is 13.2 Å². The monoisotopic (exact) mass is 450 g/mol. The second-order valence-electron chi connectivity index (χ2n) is 8.60. The van der Waals surface area contributed by atoms with Crippen molar-refractivity contribution in [1.82, 2.24) is 9.21 Å². The Balaban J connectivity index is 1.34. The summed E-state index contributed by atoms with van der Waals surface area (Å²) in [7, 11) is -3.13. The molecule has 1 fully saturated rings. The number of hydrogen-bond acceptors (Lipinski definition) is 6. The van der Waals surface area contributed by atoms with Gasteiger partial charge in [0.05, 0.1) is 30.1 Å². The summed E-state index contributed by atoms with van der Waals surface area (Å²) in [5.74, 6) is 0.853. The van der Waals surface area contributed by atoms with Gasteiger partial charge in [0.1, 0.15) is 11.8 Å². The van der Waals surface area contributed by atoms with Crippen LogP contribution in [0, 0.1) is 28.6 Å². The molecule has 4 rings (SSSR count). The minimum Gasteiger partial charge on any atom is -0.492 e. The van der Waals surface area contributed by atoms with Gasteiger partial charge in [0, 0.05) is 32.7 Å². The van der Waals surface area contributed by atoms with Crippen LogP contribution in [0.3, 0.4) is 0 Å². The first-order valence-electron chi connectivity index (χ1n) is 10.7. The second-order valence-corrected chi connectivity index (χ2v) is 10.6. The number of ether oxygens (including phenoxy) is 1. The van der Waals surface area contributed by atoms with Gasteiger partial charge >= 0.3 is 0 Å². The maximum Gasteiger partial charge on any atom is 0.211 e. The van der Waals surface area contributed by atoms with Gasteiger partial charge < -0.3 is 4.74 Å². The Morgan fingerprint density at radius 1 is 1.03 bits per heavy atom. The first kappa shape index (κ1) is 22.3. The molecule has 0 radical (unpaired) electrons. The van der Waals surface area contributed by atoms with E-state index < -0.39 is 10.0 Å². The summed E-state index contributed by atoms with van der Waals surface area (Å²) in [5.41, 5.74) is 4.67. The molecule has 2 aliphatic heterocycles. The van der Waals surface area contributed by atoms with E-state index in [1.54, 1.807) is 0 Å². The van der Waals surface area contributed by atoms with Gasteiger partial charge in [-0.3, -0.25) is 4.90 Å². The molecule has 0 unspecified atom stereocenters. The van der Waals surface area contributed by atoms with Gasteiger partial charge in [0.25, 0.3) is 0 Å². The van der Waals surface area contributed by atoms with E-state index in [1.807, 2.05) is 36.4 Å². The van der Waals surface area contributed by atoms with Gasteiger partial charge in [0.2, 0.25) is 10.0 Å². The molecular formula is C24H26N4O3S. The first-order chi connectivity index (χ1) is 15.4. The average Bonchev–Trinajstić information content (AvgIpc) is 3.19. The van der Waals surface area contributed by atoms with Gasteiger partial charge in [-0.25, -0.2) is 12.7 Å². The van der Waals surface area contributed by atoms with E-state index in [0.717, 1.165) is 38.0 Å². The topological polar surface area (TPSA) is 97.4 Å². The fourth-order valence-electron chi connectivity index (χ4n) is 4.41. The predicted octanol–water partition coefficient (Wildman–Crippen LogP) is 3.00. The number of nitrogens with zero attached hydrogens (tertiary/aromatic N) is 4. The zero-order valence-electron chi connectivity index (χ0n) is 18.1. The highest BCUT2D eigenvalue weighted by Crippen LogP contribution is 2.28. The van der Waals surface area contributed by atoms with Crippen LogP contribution in [0.1, 0.15) is 40.7 Å². The normalized spacial score (nSPS) is 17.5. The third-order valence-electron chi connectivity index (χ3n) is 6.21. The maximum absolute atomic E-state index is 11.6. The minimum absolute atomic E-state index is 0.278. The summed E-state index contributed by atoms with van der Waals surface area (Å²) in [6, 6.07) is 16.0. The Bertz CT molecular complexity index is 1190. The number of piperidine rings is 1. The van der Waals surface area contributed by atoms with E-state index in [1.165, 1.54) is 21.7 Å². The van der Waals surface area contributed by atoms with Crippen LogP contribution in [0.15, 0.2) is 36.4 Å². The minimum atomic E-state index is -3.13. The number of nitriles is 2. The number of benzene rings is 2. The molecule has 2 heterocycles. The fraction of sp³-hybridized carbons (Fsp3) is 0.417. The van der Waals surface area contributed by atoms with Crippen molar-refractivity contribution in [2.45, 2.75) is 32.5 Å². The van der Waals surface area contributed by atoms with Crippen LogP contribution in [0.2, 0.25) is 0 Å². The van der Waals surface area contributed by atoms with Crippen molar-refractivity contribution >= 4 is 10.0 Å². The smallest absolute Gasteiger partial charge is 0.211 e. The van der Waals surface area contributed by atoms with E-state index in [9.17, 15) is 13.7 Å². The van der Waals surface area contributed by atoms with Gasteiger partial charge in [-0.05, 0) is 59.7 Å². The van der Waals surface area contributed by atoms with Crippen molar-refractivity contribution in [2.24, 2.45) is 5.92 Å². The molecule has 1 saturated heterocycles. The summed E-state index contributed by atoms with van der Waals surface area (Å²) >= 11 is 0. The molecule has 32 heavy (non-hydrogen) atoms. The summed E-state index contributed by atoms with van der Waals surface area (Å²) in [6.45, 7) is 3.85. The van der Waals surface area contributed by atoms with Gasteiger partial charge in [0.15, 0.2) is 0 Å². The van der Waals surface area contributed by atoms with Crippen molar-refractivity contribution in [3.05, 3.63) is 64.2 Å². The summed E-state index contributed by atoms with van der Waals surface area (Å²) in [5, 5.41) is 18.7. The van der Waals surface area contributed by atoms with Crippen LogP contribution in [-0.4, -0.2) is 43.6 Å². The predicted molar refractivity (Wildman–Crippen MR) is 120 cm³/mol. The summed E-state index contributed by atoms with van der Waals surface area (Å²) in [6.07, 6.45) is 2.77. The Hall–Kier alpha value is -2.91. The molecule has 166 valence electrons. The van der Waals surface area contributed by atoms with E-state index in [2.05, 4.69) is 17.0 Å². The van der Waals surface area contributed by atoms with Crippen LogP contribution in [0.4, 0.5) is 0 Å². The standard InChI is InChI=1S/C24H26N4O3S/c1-32(29,30)28-8-6-18(7-9-28)17-31-24-5-3-20(11-22(24)13-26)14-27-15-21-4-2-19(12-25)10-23(21)16-27/h2-5,10-11,18H,6-9,14-17H2,1H3. The quantitative estimate of drug-likeness (QED) is 0.671. The second kappa shape index (κ2) is 9.30. The Kier molecular flexibility index (Phi) is 6.48. The lowest BCUT2D eigenvalue weighted by molar-refractivity contribution is 0.185.